The lowest BCUT2D eigenvalue weighted by Gasteiger charge is -2.05. The van der Waals surface area contributed by atoms with Crippen LogP contribution in [0.3, 0.4) is 0 Å². The number of ether oxygens (including phenoxy) is 1. The van der Waals surface area contributed by atoms with E-state index in [9.17, 15) is 5.11 Å². The molecule has 128 valence electrons. The van der Waals surface area contributed by atoms with Crippen molar-refractivity contribution in [3.8, 4) is 17.9 Å². The van der Waals surface area contributed by atoms with Gasteiger partial charge in [0, 0.05) is 23.9 Å². The molecule has 0 saturated carbocycles. The molecule has 3 rings (SSSR count). The quantitative estimate of drug-likeness (QED) is 0.625. The van der Waals surface area contributed by atoms with Crippen molar-refractivity contribution in [1.29, 1.82) is 0 Å². The van der Waals surface area contributed by atoms with Gasteiger partial charge in [-0.05, 0) is 38.1 Å². The summed E-state index contributed by atoms with van der Waals surface area (Å²) in [6.07, 6.45) is 2.22. The van der Waals surface area contributed by atoms with Crippen molar-refractivity contribution in [2.75, 3.05) is 12.3 Å². The molecule has 0 aliphatic heterocycles. The highest BCUT2D eigenvalue weighted by Gasteiger charge is 2.07. The Hall–Kier alpha value is -3.11. The van der Waals surface area contributed by atoms with Crippen molar-refractivity contribution in [1.82, 2.24) is 19.9 Å². The highest BCUT2D eigenvalue weighted by Crippen LogP contribution is 2.17. The zero-order valence-corrected chi connectivity index (χ0v) is 14.1. The maximum atomic E-state index is 9.67. The van der Waals surface area contributed by atoms with Gasteiger partial charge in [-0.2, -0.15) is 4.98 Å². The summed E-state index contributed by atoms with van der Waals surface area (Å²) in [6.45, 7) is 3.71. The number of hydrogen-bond acceptors (Lipinski definition) is 6. The Morgan fingerprint density at radius 2 is 2.12 bits per heavy atom. The second-order valence-electron chi connectivity index (χ2n) is 6.09. The van der Waals surface area contributed by atoms with Gasteiger partial charge in [0.25, 0.3) is 6.01 Å². The maximum Gasteiger partial charge on any atom is 0.294 e. The van der Waals surface area contributed by atoms with Gasteiger partial charge in [0.15, 0.2) is 0 Å². The minimum absolute atomic E-state index is 0.251. The second-order valence-corrected chi connectivity index (χ2v) is 6.09. The van der Waals surface area contributed by atoms with Gasteiger partial charge < -0.3 is 20.6 Å². The number of rotatable bonds is 4. The van der Waals surface area contributed by atoms with Crippen LogP contribution in [0.15, 0.2) is 30.5 Å². The van der Waals surface area contributed by atoms with Crippen LogP contribution in [0.1, 0.15) is 25.1 Å². The van der Waals surface area contributed by atoms with Gasteiger partial charge in [0.1, 0.15) is 5.60 Å². The fourth-order valence-corrected chi connectivity index (χ4v) is 2.16. The Labute approximate surface area is 145 Å². The molecule has 3 aromatic rings. The lowest BCUT2D eigenvalue weighted by atomic mass is 10.1. The number of nitrogens with two attached hydrogens (primary N) is 1. The van der Waals surface area contributed by atoms with E-state index in [0.717, 1.165) is 22.3 Å². The Balaban J connectivity index is 1.67. The topological polar surface area (TPSA) is 110 Å². The van der Waals surface area contributed by atoms with E-state index in [1.54, 1.807) is 26.1 Å². The van der Waals surface area contributed by atoms with Gasteiger partial charge in [-0.3, -0.25) is 0 Å². The Morgan fingerprint density at radius 1 is 1.28 bits per heavy atom. The van der Waals surface area contributed by atoms with Crippen LogP contribution in [0.2, 0.25) is 0 Å². The average molecular weight is 337 g/mol. The number of fused-ring (bicyclic) bond motifs is 1. The minimum Gasteiger partial charge on any atom is -0.464 e. The third-order valence-corrected chi connectivity index (χ3v) is 3.30. The third-order valence-electron chi connectivity index (χ3n) is 3.30. The summed E-state index contributed by atoms with van der Waals surface area (Å²) in [6, 6.07) is 7.82. The molecule has 0 bridgehead atoms. The van der Waals surface area contributed by atoms with Gasteiger partial charge in [-0.25, -0.2) is 9.97 Å². The number of anilines is 1. The van der Waals surface area contributed by atoms with Crippen LogP contribution < -0.4 is 10.5 Å². The van der Waals surface area contributed by atoms with E-state index >= 15 is 0 Å². The lowest BCUT2D eigenvalue weighted by molar-refractivity contribution is 0.143. The zero-order valence-electron chi connectivity index (χ0n) is 14.1. The summed E-state index contributed by atoms with van der Waals surface area (Å²) in [7, 11) is 0. The molecule has 0 aliphatic rings. The van der Waals surface area contributed by atoms with Crippen LogP contribution in [-0.4, -0.2) is 37.3 Å². The number of nitrogen functional groups attached to an aromatic ring is 1. The number of aromatic amines is 1. The fraction of sp³-hybridized carbons (Fsp3) is 0.278. The first-order chi connectivity index (χ1) is 11.9. The van der Waals surface area contributed by atoms with Gasteiger partial charge in [0.05, 0.1) is 17.6 Å². The van der Waals surface area contributed by atoms with E-state index < -0.39 is 5.60 Å². The summed E-state index contributed by atoms with van der Waals surface area (Å²) in [5.74, 6) is 5.98. The average Bonchev–Trinajstić information content (AvgIpc) is 2.94. The first-order valence-electron chi connectivity index (χ1n) is 7.84. The Kier molecular flexibility index (Phi) is 4.55. The van der Waals surface area contributed by atoms with Crippen molar-refractivity contribution in [3.63, 3.8) is 0 Å². The molecule has 4 N–H and O–H groups in total. The number of hydrogen-bond donors (Lipinski definition) is 3. The summed E-state index contributed by atoms with van der Waals surface area (Å²) in [5.41, 5.74) is 7.74. The molecule has 1 aromatic carbocycles. The van der Waals surface area contributed by atoms with E-state index in [1.165, 1.54) is 0 Å². The van der Waals surface area contributed by atoms with Gasteiger partial charge in [-0.1, -0.05) is 11.8 Å². The fourth-order valence-electron chi connectivity index (χ4n) is 2.16. The molecule has 0 radical (unpaired) electrons. The number of benzene rings is 1. The standard InChI is InChI=1S/C18H19N5O2/c1-18(2,24)8-5-12-3-4-14-15(11-12)23-17(22-14)25-10-7-13-6-9-20-16(19)21-13/h3-4,6,9,11,24H,7,10H2,1-2H3,(H,22,23)(H2,19,20,21). The molecule has 25 heavy (non-hydrogen) atoms. The van der Waals surface area contributed by atoms with E-state index in [0.29, 0.717) is 19.0 Å². The second kappa shape index (κ2) is 6.79. The van der Waals surface area contributed by atoms with Crippen molar-refractivity contribution in [2.45, 2.75) is 25.9 Å². The Morgan fingerprint density at radius 3 is 2.88 bits per heavy atom. The van der Waals surface area contributed by atoms with Crippen LogP contribution in [0.5, 0.6) is 6.01 Å². The number of aromatic nitrogens is 4. The van der Waals surface area contributed by atoms with E-state index in [4.69, 9.17) is 10.5 Å². The van der Waals surface area contributed by atoms with Crippen molar-refractivity contribution < 1.29 is 9.84 Å². The minimum atomic E-state index is -1.03. The predicted molar refractivity (Wildman–Crippen MR) is 94.9 cm³/mol. The predicted octanol–water partition coefficient (Wildman–Crippen LogP) is 1.68. The highest BCUT2D eigenvalue weighted by molar-refractivity contribution is 5.77. The maximum absolute atomic E-state index is 9.67. The van der Waals surface area contributed by atoms with Crippen LogP contribution in [0, 0.1) is 11.8 Å². The molecule has 0 aliphatic carbocycles. The SMILES string of the molecule is CC(C)(O)C#Cc1ccc2nc(OCCc3ccnc(N)n3)[nH]c2c1. The first-order valence-corrected chi connectivity index (χ1v) is 7.84. The highest BCUT2D eigenvalue weighted by atomic mass is 16.5. The molecule has 0 amide bonds. The van der Waals surface area contributed by atoms with Crippen molar-refractivity contribution in [3.05, 3.63) is 41.7 Å². The largest absolute Gasteiger partial charge is 0.464 e. The molecule has 0 spiro atoms. The summed E-state index contributed by atoms with van der Waals surface area (Å²) < 4.78 is 5.64. The smallest absolute Gasteiger partial charge is 0.294 e. The third kappa shape index (κ3) is 4.68. The molecular formula is C18H19N5O2. The molecule has 2 heterocycles. The molecule has 0 fully saturated rings. The molecular weight excluding hydrogens is 318 g/mol. The molecule has 7 nitrogen and oxygen atoms in total. The van der Waals surface area contributed by atoms with Crippen LogP contribution in [0.25, 0.3) is 11.0 Å². The molecule has 0 unspecified atom stereocenters. The van der Waals surface area contributed by atoms with Gasteiger partial charge >= 0.3 is 0 Å². The van der Waals surface area contributed by atoms with E-state index in [2.05, 4.69) is 31.8 Å². The van der Waals surface area contributed by atoms with E-state index in [1.807, 2.05) is 18.2 Å². The van der Waals surface area contributed by atoms with Gasteiger partial charge in [-0.15, -0.1) is 0 Å². The molecule has 0 saturated heterocycles. The lowest BCUT2D eigenvalue weighted by Crippen LogP contribution is -2.14. The van der Waals surface area contributed by atoms with Gasteiger partial charge in [0.2, 0.25) is 5.95 Å². The number of nitrogens with one attached hydrogen (secondary N) is 1. The summed E-state index contributed by atoms with van der Waals surface area (Å²) in [4.78, 5) is 15.5. The number of imidazole rings is 1. The first kappa shape index (κ1) is 16.7. The summed E-state index contributed by atoms with van der Waals surface area (Å²) >= 11 is 0. The summed E-state index contributed by atoms with van der Waals surface area (Å²) in [5, 5.41) is 9.67. The van der Waals surface area contributed by atoms with E-state index in [-0.39, 0.29) is 5.95 Å². The van der Waals surface area contributed by atoms with Crippen molar-refractivity contribution in [2.24, 2.45) is 0 Å². The van der Waals surface area contributed by atoms with Crippen LogP contribution in [-0.2, 0) is 6.42 Å². The zero-order chi connectivity index (χ0) is 17.9. The van der Waals surface area contributed by atoms with Crippen LogP contribution >= 0.6 is 0 Å². The normalized spacial score (nSPS) is 11.2. The molecule has 2 aromatic heterocycles. The number of H-pyrrole nitrogens is 1. The Bertz CT molecular complexity index is 947. The number of nitrogens with zero attached hydrogens (tertiary/aromatic N) is 3. The number of aliphatic hydroxyl groups is 1. The monoisotopic (exact) mass is 337 g/mol. The molecule has 0 atom stereocenters. The van der Waals surface area contributed by atoms with Crippen LogP contribution in [0.4, 0.5) is 5.95 Å². The van der Waals surface area contributed by atoms with Crippen molar-refractivity contribution >= 4 is 17.0 Å². The molecule has 7 heteroatoms.